The Morgan fingerprint density at radius 3 is 2.03 bits per heavy atom. The molecule has 3 fully saturated rings. The van der Waals surface area contributed by atoms with Crippen molar-refractivity contribution in [2.24, 2.45) is 23.7 Å². The van der Waals surface area contributed by atoms with E-state index in [2.05, 4.69) is 0 Å². The van der Waals surface area contributed by atoms with Gasteiger partial charge in [0.1, 0.15) is 12.3 Å². The van der Waals surface area contributed by atoms with Crippen LogP contribution in [-0.4, -0.2) is 52.1 Å². The monoisotopic (exact) mass is 477 g/mol. The molecule has 10 nitrogen and oxygen atoms in total. The Balaban J connectivity index is 1.48. The van der Waals surface area contributed by atoms with E-state index in [1.807, 2.05) is 0 Å². The Morgan fingerprint density at radius 2 is 1.51 bits per heavy atom. The zero-order valence-electron chi connectivity index (χ0n) is 19.0. The van der Waals surface area contributed by atoms with Crippen molar-refractivity contribution in [2.75, 3.05) is 13.7 Å². The number of hydrogen-bond donors (Lipinski definition) is 0. The predicted octanol–water partition coefficient (Wildman–Crippen LogP) is 2.87. The summed E-state index contributed by atoms with van der Waals surface area (Å²) in [6, 6.07) is 11.1. The first-order valence-corrected chi connectivity index (χ1v) is 11.4. The molecule has 2 aromatic carbocycles. The predicted molar refractivity (Wildman–Crippen MR) is 121 cm³/mol. The standard InChI is InChI=1S/C25H23N3O7/c1-35-19-10-6-14(7-11-19)20(29)13-26(23(30)15-4-8-18(9-5-15)28(33)34)27-24(31)21-16-2-3-17(12-16)22(21)25(27)32/h4-11,16-17,21-22H,2-3,12-13H2,1H3/t16-,17-,21+,22+/m0/s1. The van der Waals surface area contributed by atoms with Crippen LogP contribution < -0.4 is 4.74 Å². The number of carbonyl (C=O) groups is 4. The van der Waals surface area contributed by atoms with E-state index in [9.17, 15) is 29.3 Å². The van der Waals surface area contributed by atoms with Crippen molar-refractivity contribution in [3.05, 3.63) is 69.8 Å². The van der Waals surface area contributed by atoms with Crippen molar-refractivity contribution in [2.45, 2.75) is 19.3 Å². The molecular weight excluding hydrogens is 454 g/mol. The van der Waals surface area contributed by atoms with E-state index in [0.29, 0.717) is 5.75 Å². The summed E-state index contributed by atoms with van der Waals surface area (Å²) in [5.74, 6) is -2.29. The van der Waals surface area contributed by atoms with Gasteiger partial charge in [-0.2, -0.15) is 5.01 Å². The maximum absolute atomic E-state index is 13.5. The SMILES string of the molecule is COc1ccc(C(=O)CN(C(=O)c2ccc([N+](=O)[O-])cc2)N2C(=O)[C@@H]3[C@H]4CC[C@@H](C4)[C@H]3C2=O)cc1. The number of benzene rings is 2. The first kappa shape index (κ1) is 22.7. The number of imide groups is 1. The molecule has 4 atom stereocenters. The number of nitro benzene ring substituents is 1. The van der Waals surface area contributed by atoms with Gasteiger partial charge in [0.05, 0.1) is 23.9 Å². The molecule has 3 aliphatic rings. The molecule has 2 aliphatic carbocycles. The van der Waals surface area contributed by atoms with Gasteiger partial charge in [0.25, 0.3) is 23.4 Å². The number of nitrogens with zero attached hydrogens (tertiary/aromatic N) is 3. The molecular formula is C25H23N3O7. The molecule has 0 N–H and O–H groups in total. The van der Waals surface area contributed by atoms with Gasteiger partial charge in [-0.15, -0.1) is 0 Å². The van der Waals surface area contributed by atoms with Crippen molar-refractivity contribution in [3.8, 4) is 5.75 Å². The summed E-state index contributed by atoms with van der Waals surface area (Å²) < 4.78 is 5.11. The molecule has 0 radical (unpaired) electrons. The molecule has 0 unspecified atom stereocenters. The van der Waals surface area contributed by atoms with Gasteiger partial charge in [-0.1, -0.05) is 0 Å². The number of nitro groups is 1. The highest BCUT2D eigenvalue weighted by Crippen LogP contribution is 2.56. The number of carbonyl (C=O) groups excluding carboxylic acids is 4. The largest absolute Gasteiger partial charge is 0.497 e. The van der Waals surface area contributed by atoms with Crippen LogP contribution in [0.2, 0.25) is 0 Å². The number of fused-ring (bicyclic) bond motifs is 5. The second-order valence-corrected chi connectivity index (χ2v) is 9.19. The minimum atomic E-state index is -0.754. The molecule has 2 bridgehead atoms. The van der Waals surface area contributed by atoms with Crippen LogP contribution in [0.3, 0.4) is 0 Å². The van der Waals surface area contributed by atoms with Crippen molar-refractivity contribution < 1.29 is 28.8 Å². The van der Waals surface area contributed by atoms with Gasteiger partial charge in [-0.3, -0.25) is 29.3 Å². The lowest BCUT2D eigenvalue weighted by atomic mass is 9.81. The lowest BCUT2D eigenvalue weighted by molar-refractivity contribution is -0.384. The van der Waals surface area contributed by atoms with Gasteiger partial charge >= 0.3 is 0 Å². The number of amides is 3. The Hall–Kier alpha value is -4.08. The van der Waals surface area contributed by atoms with E-state index in [0.717, 1.165) is 29.3 Å². The third-order valence-electron chi connectivity index (χ3n) is 7.41. The van der Waals surface area contributed by atoms with Crippen LogP contribution in [0.5, 0.6) is 5.75 Å². The lowest BCUT2D eigenvalue weighted by Gasteiger charge is -2.30. The van der Waals surface area contributed by atoms with E-state index in [1.165, 1.54) is 43.5 Å². The number of ketones is 1. The van der Waals surface area contributed by atoms with Crippen molar-refractivity contribution >= 4 is 29.2 Å². The molecule has 180 valence electrons. The van der Waals surface area contributed by atoms with Gasteiger partial charge < -0.3 is 4.74 Å². The number of ether oxygens (including phenoxy) is 1. The first-order chi connectivity index (χ1) is 16.8. The third-order valence-corrected chi connectivity index (χ3v) is 7.41. The van der Waals surface area contributed by atoms with Crippen LogP contribution in [0.1, 0.15) is 40.0 Å². The maximum atomic E-state index is 13.5. The van der Waals surface area contributed by atoms with Gasteiger partial charge in [0, 0.05) is 23.3 Å². The summed E-state index contributed by atoms with van der Waals surface area (Å²) >= 11 is 0. The molecule has 1 saturated heterocycles. The Kier molecular flexibility index (Phi) is 5.58. The minimum Gasteiger partial charge on any atom is -0.497 e. The number of rotatable bonds is 7. The molecule has 0 spiro atoms. The molecule has 0 aromatic heterocycles. The molecule has 10 heteroatoms. The highest BCUT2D eigenvalue weighted by Gasteiger charge is 2.62. The Labute approximate surface area is 200 Å². The van der Waals surface area contributed by atoms with E-state index in [-0.39, 0.29) is 28.7 Å². The van der Waals surface area contributed by atoms with Crippen LogP contribution in [0, 0.1) is 33.8 Å². The maximum Gasteiger partial charge on any atom is 0.273 e. The normalized spacial score (nSPS) is 24.4. The number of hydrogen-bond acceptors (Lipinski definition) is 7. The second kappa shape index (κ2) is 8.61. The fourth-order valence-corrected chi connectivity index (χ4v) is 5.74. The summed E-state index contributed by atoms with van der Waals surface area (Å²) in [4.78, 5) is 63.8. The molecule has 1 heterocycles. The molecule has 35 heavy (non-hydrogen) atoms. The van der Waals surface area contributed by atoms with Crippen LogP contribution >= 0.6 is 0 Å². The number of Topliss-reactive ketones (excluding diaryl/α,β-unsaturated/α-hetero) is 1. The quantitative estimate of drug-likeness (QED) is 0.260. The molecule has 3 amide bonds. The number of methoxy groups -OCH3 is 1. The van der Waals surface area contributed by atoms with E-state index >= 15 is 0 Å². The topological polar surface area (TPSA) is 127 Å². The highest BCUT2D eigenvalue weighted by atomic mass is 16.6. The fraction of sp³-hybridized carbons (Fsp3) is 0.360. The zero-order valence-corrected chi connectivity index (χ0v) is 19.0. The highest BCUT2D eigenvalue weighted by molar-refractivity contribution is 6.10. The summed E-state index contributed by atoms with van der Waals surface area (Å²) in [5, 5.41) is 12.7. The summed E-state index contributed by atoms with van der Waals surface area (Å²) in [7, 11) is 1.50. The zero-order chi connectivity index (χ0) is 24.9. The van der Waals surface area contributed by atoms with E-state index < -0.39 is 46.8 Å². The lowest BCUT2D eigenvalue weighted by Crippen LogP contribution is -2.52. The third kappa shape index (κ3) is 3.74. The average Bonchev–Trinajstić information content (AvgIpc) is 3.56. The Bertz CT molecular complexity index is 1200. The van der Waals surface area contributed by atoms with Crippen LogP contribution in [0.25, 0.3) is 0 Å². The van der Waals surface area contributed by atoms with Crippen molar-refractivity contribution in [1.82, 2.24) is 10.0 Å². The van der Waals surface area contributed by atoms with Gasteiger partial charge in [0.15, 0.2) is 5.78 Å². The fourth-order valence-electron chi connectivity index (χ4n) is 5.74. The number of non-ortho nitro benzene ring substituents is 1. The second-order valence-electron chi connectivity index (χ2n) is 9.19. The Morgan fingerprint density at radius 1 is 0.971 bits per heavy atom. The average molecular weight is 477 g/mol. The van der Waals surface area contributed by atoms with Crippen LogP contribution in [0.15, 0.2) is 48.5 Å². The number of hydrazine groups is 1. The van der Waals surface area contributed by atoms with Crippen molar-refractivity contribution in [1.29, 1.82) is 0 Å². The molecule has 5 rings (SSSR count). The van der Waals surface area contributed by atoms with E-state index in [1.54, 1.807) is 12.1 Å². The summed E-state index contributed by atoms with van der Waals surface area (Å²) in [5.41, 5.74) is 0.104. The molecule has 2 aromatic rings. The van der Waals surface area contributed by atoms with Gasteiger partial charge in [-0.25, -0.2) is 5.01 Å². The van der Waals surface area contributed by atoms with Gasteiger partial charge in [0.2, 0.25) is 0 Å². The smallest absolute Gasteiger partial charge is 0.273 e. The van der Waals surface area contributed by atoms with Crippen molar-refractivity contribution in [3.63, 3.8) is 0 Å². The summed E-state index contributed by atoms with van der Waals surface area (Å²) in [6.07, 6.45) is 2.58. The van der Waals surface area contributed by atoms with Crippen LogP contribution in [0.4, 0.5) is 5.69 Å². The van der Waals surface area contributed by atoms with Crippen LogP contribution in [-0.2, 0) is 9.59 Å². The van der Waals surface area contributed by atoms with E-state index in [4.69, 9.17) is 4.74 Å². The molecule has 1 aliphatic heterocycles. The minimum absolute atomic E-state index is 0.0266. The molecule has 2 saturated carbocycles. The first-order valence-electron chi connectivity index (χ1n) is 11.4. The summed E-state index contributed by atoms with van der Waals surface area (Å²) in [6.45, 7) is -0.533. The van der Waals surface area contributed by atoms with Gasteiger partial charge in [-0.05, 0) is 67.5 Å².